The summed E-state index contributed by atoms with van der Waals surface area (Å²) in [6, 6.07) is 18.2. The standard InChI is InChI=1S/C18H22N2/c1-19(2)17-10-8-14(9-11-17)18-12-15-6-4-5-7-16(15)13-20(18)3/h4-11,18H,12-13H2,1-3H3. The molecule has 1 aliphatic heterocycles. The van der Waals surface area contributed by atoms with Gasteiger partial charge in [0.1, 0.15) is 0 Å². The SMILES string of the molecule is CN(C)c1ccc(C2Cc3ccccc3CN2C)cc1. The fourth-order valence-electron chi connectivity index (χ4n) is 3.02. The normalized spacial score (nSPS) is 18.6. The molecule has 1 heterocycles. The number of likely N-dealkylation sites (N-methyl/N-ethyl adjacent to an activating group) is 1. The molecule has 2 aromatic rings. The number of hydrogen-bond donors (Lipinski definition) is 0. The van der Waals surface area contributed by atoms with Gasteiger partial charge in [0.25, 0.3) is 0 Å². The van der Waals surface area contributed by atoms with Crippen molar-refractivity contribution in [2.75, 3.05) is 26.0 Å². The van der Waals surface area contributed by atoms with Crippen LogP contribution < -0.4 is 4.90 Å². The smallest absolute Gasteiger partial charge is 0.0389 e. The molecule has 3 rings (SSSR count). The first-order valence-electron chi connectivity index (χ1n) is 7.19. The van der Waals surface area contributed by atoms with Crippen molar-refractivity contribution in [1.82, 2.24) is 4.90 Å². The molecule has 2 heteroatoms. The summed E-state index contributed by atoms with van der Waals surface area (Å²) < 4.78 is 0. The van der Waals surface area contributed by atoms with Crippen molar-refractivity contribution < 1.29 is 0 Å². The molecule has 0 amide bonds. The molecule has 1 atom stereocenters. The van der Waals surface area contributed by atoms with Gasteiger partial charge >= 0.3 is 0 Å². The summed E-state index contributed by atoms with van der Waals surface area (Å²) >= 11 is 0. The zero-order valence-corrected chi connectivity index (χ0v) is 12.5. The molecule has 2 nitrogen and oxygen atoms in total. The minimum Gasteiger partial charge on any atom is -0.378 e. The topological polar surface area (TPSA) is 6.48 Å². The van der Waals surface area contributed by atoms with E-state index in [0.717, 1.165) is 13.0 Å². The summed E-state index contributed by atoms with van der Waals surface area (Å²) in [5.41, 5.74) is 5.63. The summed E-state index contributed by atoms with van der Waals surface area (Å²) in [5, 5.41) is 0. The van der Waals surface area contributed by atoms with Crippen LogP contribution in [0.2, 0.25) is 0 Å². The van der Waals surface area contributed by atoms with Gasteiger partial charge in [0.05, 0.1) is 0 Å². The van der Waals surface area contributed by atoms with E-state index in [1.54, 1.807) is 0 Å². The number of nitrogens with zero attached hydrogens (tertiary/aromatic N) is 2. The van der Waals surface area contributed by atoms with Crippen LogP contribution in [-0.2, 0) is 13.0 Å². The highest BCUT2D eigenvalue weighted by molar-refractivity contribution is 5.47. The molecule has 20 heavy (non-hydrogen) atoms. The maximum absolute atomic E-state index is 2.45. The van der Waals surface area contributed by atoms with Crippen LogP contribution in [0.5, 0.6) is 0 Å². The predicted octanol–water partition coefficient (Wildman–Crippen LogP) is 3.48. The number of fused-ring (bicyclic) bond motifs is 1. The van der Waals surface area contributed by atoms with Gasteiger partial charge in [0, 0.05) is 32.4 Å². The lowest BCUT2D eigenvalue weighted by atomic mass is 9.90. The monoisotopic (exact) mass is 266 g/mol. The first-order valence-corrected chi connectivity index (χ1v) is 7.19. The number of rotatable bonds is 2. The third kappa shape index (κ3) is 2.44. The summed E-state index contributed by atoms with van der Waals surface area (Å²) in [6.07, 6.45) is 1.11. The molecule has 0 aromatic heterocycles. The largest absolute Gasteiger partial charge is 0.378 e. The molecule has 0 saturated heterocycles. The molecule has 1 unspecified atom stereocenters. The Kier molecular flexibility index (Phi) is 3.49. The van der Waals surface area contributed by atoms with Crippen LogP contribution in [0, 0.1) is 0 Å². The van der Waals surface area contributed by atoms with E-state index in [2.05, 4.69) is 79.5 Å². The highest BCUT2D eigenvalue weighted by atomic mass is 15.1. The molecule has 0 spiro atoms. The maximum Gasteiger partial charge on any atom is 0.0389 e. The fraction of sp³-hybridized carbons (Fsp3) is 0.333. The van der Waals surface area contributed by atoms with Gasteiger partial charge in [-0.15, -0.1) is 0 Å². The van der Waals surface area contributed by atoms with Crippen molar-refractivity contribution in [2.45, 2.75) is 19.0 Å². The average molecular weight is 266 g/mol. The molecule has 104 valence electrons. The van der Waals surface area contributed by atoms with Crippen molar-refractivity contribution in [2.24, 2.45) is 0 Å². The summed E-state index contributed by atoms with van der Waals surface area (Å²) in [7, 11) is 6.39. The van der Waals surface area contributed by atoms with Crippen molar-refractivity contribution in [3.8, 4) is 0 Å². The van der Waals surface area contributed by atoms with Gasteiger partial charge in [0.15, 0.2) is 0 Å². The Morgan fingerprint density at radius 3 is 2.25 bits per heavy atom. The Bertz CT molecular complexity index is 587. The molecule has 0 fully saturated rings. The van der Waals surface area contributed by atoms with E-state index in [9.17, 15) is 0 Å². The molecular formula is C18H22N2. The number of benzene rings is 2. The Hall–Kier alpha value is -1.80. The highest BCUT2D eigenvalue weighted by Gasteiger charge is 2.24. The van der Waals surface area contributed by atoms with Crippen molar-refractivity contribution in [1.29, 1.82) is 0 Å². The van der Waals surface area contributed by atoms with Crippen LogP contribution in [0.1, 0.15) is 22.7 Å². The van der Waals surface area contributed by atoms with Crippen LogP contribution in [0.3, 0.4) is 0 Å². The molecule has 0 N–H and O–H groups in total. The van der Waals surface area contributed by atoms with Crippen molar-refractivity contribution in [3.05, 3.63) is 65.2 Å². The zero-order valence-electron chi connectivity index (χ0n) is 12.5. The van der Waals surface area contributed by atoms with Gasteiger partial charge in [-0.25, -0.2) is 0 Å². The number of hydrogen-bond acceptors (Lipinski definition) is 2. The van der Waals surface area contributed by atoms with E-state index in [-0.39, 0.29) is 0 Å². The van der Waals surface area contributed by atoms with E-state index in [1.165, 1.54) is 22.4 Å². The Labute approximate surface area is 121 Å². The van der Waals surface area contributed by atoms with Gasteiger partial charge in [-0.1, -0.05) is 36.4 Å². The third-order valence-corrected chi connectivity index (χ3v) is 4.28. The lowest BCUT2D eigenvalue weighted by molar-refractivity contribution is 0.218. The van der Waals surface area contributed by atoms with E-state index >= 15 is 0 Å². The van der Waals surface area contributed by atoms with Crippen LogP contribution >= 0.6 is 0 Å². The van der Waals surface area contributed by atoms with Crippen molar-refractivity contribution in [3.63, 3.8) is 0 Å². The number of anilines is 1. The van der Waals surface area contributed by atoms with Gasteiger partial charge in [-0.3, -0.25) is 4.90 Å². The van der Waals surface area contributed by atoms with E-state index in [1.807, 2.05) is 0 Å². The molecule has 0 radical (unpaired) electrons. The Morgan fingerprint density at radius 1 is 0.950 bits per heavy atom. The van der Waals surface area contributed by atoms with E-state index in [4.69, 9.17) is 0 Å². The summed E-state index contributed by atoms with van der Waals surface area (Å²) in [5.74, 6) is 0. The Balaban J connectivity index is 1.87. The lowest BCUT2D eigenvalue weighted by Gasteiger charge is -2.34. The molecule has 0 saturated carbocycles. The molecule has 0 aliphatic carbocycles. The van der Waals surface area contributed by atoms with Gasteiger partial charge in [-0.05, 0) is 42.3 Å². The van der Waals surface area contributed by atoms with E-state index < -0.39 is 0 Å². The fourth-order valence-corrected chi connectivity index (χ4v) is 3.02. The first kappa shape index (κ1) is 13.2. The second-order valence-electron chi connectivity index (χ2n) is 5.89. The summed E-state index contributed by atoms with van der Waals surface area (Å²) in [4.78, 5) is 4.59. The van der Waals surface area contributed by atoms with Gasteiger partial charge < -0.3 is 4.90 Å². The van der Waals surface area contributed by atoms with Crippen LogP contribution in [0.25, 0.3) is 0 Å². The highest BCUT2D eigenvalue weighted by Crippen LogP contribution is 2.32. The Morgan fingerprint density at radius 2 is 1.60 bits per heavy atom. The van der Waals surface area contributed by atoms with Gasteiger partial charge in [0.2, 0.25) is 0 Å². The minimum absolute atomic E-state index is 0.487. The third-order valence-electron chi connectivity index (χ3n) is 4.28. The van der Waals surface area contributed by atoms with E-state index in [0.29, 0.717) is 6.04 Å². The van der Waals surface area contributed by atoms with Crippen LogP contribution in [0.4, 0.5) is 5.69 Å². The lowest BCUT2D eigenvalue weighted by Crippen LogP contribution is -2.30. The predicted molar refractivity (Wildman–Crippen MR) is 85.1 cm³/mol. The molecule has 1 aliphatic rings. The minimum atomic E-state index is 0.487. The second kappa shape index (κ2) is 5.29. The van der Waals surface area contributed by atoms with Crippen LogP contribution in [0.15, 0.2) is 48.5 Å². The first-order chi connectivity index (χ1) is 9.65. The maximum atomic E-state index is 2.45. The molecule has 0 bridgehead atoms. The zero-order chi connectivity index (χ0) is 14.1. The van der Waals surface area contributed by atoms with Crippen molar-refractivity contribution >= 4 is 5.69 Å². The second-order valence-corrected chi connectivity index (χ2v) is 5.89. The van der Waals surface area contributed by atoms with Gasteiger partial charge in [-0.2, -0.15) is 0 Å². The average Bonchev–Trinajstić information content (AvgIpc) is 2.46. The molecule has 2 aromatic carbocycles. The van der Waals surface area contributed by atoms with Crippen LogP contribution in [-0.4, -0.2) is 26.0 Å². The molecular weight excluding hydrogens is 244 g/mol. The summed E-state index contributed by atoms with van der Waals surface area (Å²) in [6.45, 7) is 1.04. The quantitative estimate of drug-likeness (QED) is 0.821.